The first-order valence-electron chi connectivity index (χ1n) is 4.35. The van der Waals surface area contributed by atoms with Gasteiger partial charge in [-0.3, -0.25) is 5.84 Å². The van der Waals surface area contributed by atoms with Gasteiger partial charge in [-0.15, -0.1) is 11.3 Å². The van der Waals surface area contributed by atoms with Crippen LogP contribution in [-0.2, 0) is 0 Å². The molecule has 2 rings (SSSR count). The van der Waals surface area contributed by atoms with E-state index in [1.807, 2.05) is 0 Å². The first-order valence-corrected chi connectivity index (χ1v) is 6.17. The molecule has 0 amide bonds. The molecule has 0 saturated heterocycles. The fourth-order valence-corrected chi connectivity index (χ4v) is 3.14. The number of aryl methyl sites for hydroxylation is 1. The number of hydrogen-bond acceptors (Lipinski definition) is 4. The second-order valence-corrected chi connectivity index (χ2v) is 4.85. The molecule has 2 aromatic rings. The Morgan fingerprint density at radius 2 is 2.21 bits per heavy atom. The summed E-state index contributed by atoms with van der Waals surface area (Å²) in [6, 6.07) is 4.37. The maximum atomic E-state index is 5.59. The Balaban J connectivity index is 2.36. The molecule has 2 nitrogen and oxygen atoms in total. The highest BCUT2D eigenvalue weighted by molar-refractivity contribution is 7.10. The average Bonchev–Trinajstić information content (AvgIpc) is 2.80. The Morgan fingerprint density at radius 1 is 1.36 bits per heavy atom. The summed E-state index contributed by atoms with van der Waals surface area (Å²) in [5.41, 5.74) is 5.40. The van der Waals surface area contributed by atoms with Crippen LogP contribution in [0.4, 0.5) is 0 Å². The van der Waals surface area contributed by atoms with Crippen molar-refractivity contribution in [3.8, 4) is 0 Å². The predicted octanol–water partition coefficient (Wildman–Crippen LogP) is 2.67. The number of nitrogens with two attached hydrogens (primary N) is 1. The molecule has 0 aromatic carbocycles. The van der Waals surface area contributed by atoms with E-state index in [1.54, 1.807) is 22.7 Å². The maximum Gasteiger partial charge on any atom is 0.0813 e. The Labute approximate surface area is 91.4 Å². The lowest BCUT2D eigenvalue weighted by atomic mass is 10.1. The highest BCUT2D eigenvalue weighted by Gasteiger charge is 2.15. The van der Waals surface area contributed by atoms with Crippen LogP contribution >= 0.6 is 22.7 Å². The topological polar surface area (TPSA) is 38.0 Å². The monoisotopic (exact) mass is 224 g/mol. The van der Waals surface area contributed by atoms with E-state index in [1.165, 1.54) is 16.0 Å². The van der Waals surface area contributed by atoms with Crippen LogP contribution in [0.25, 0.3) is 0 Å². The molecule has 0 aliphatic rings. The first kappa shape index (κ1) is 9.86. The van der Waals surface area contributed by atoms with Gasteiger partial charge in [-0.25, -0.2) is 5.43 Å². The molecule has 14 heavy (non-hydrogen) atoms. The second-order valence-electron chi connectivity index (χ2n) is 3.12. The molecule has 0 fully saturated rings. The molecule has 0 aliphatic carbocycles. The van der Waals surface area contributed by atoms with E-state index in [0.29, 0.717) is 0 Å². The number of rotatable bonds is 3. The standard InChI is InChI=1S/C10H12N2S2/c1-7-2-5-14-10(7)9(12-11)8-3-4-13-6-8/h2-6,9,12H,11H2,1H3. The molecule has 0 saturated carbocycles. The number of hydrogen-bond donors (Lipinski definition) is 2. The fraction of sp³-hybridized carbons (Fsp3) is 0.200. The van der Waals surface area contributed by atoms with Crippen LogP contribution in [-0.4, -0.2) is 0 Å². The lowest BCUT2D eigenvalue weighted by Crippen LogP contribution is -2.28. The Bertz CT molecular complexity index is 392. The molecule has 3 N–H and O–H groups in total. The van der Waals surface area contributed by atoms with Gasteiger partial charge >= 0.3 is 0 Å². The SMILES string of the molecule is Cc1ccsc1C(NN)c1ccsc1. The lowest BCUT2D eigenvalue weighted by Gasteiger charge is -2.13. The number of nitrogens with one attached hydrogen (secondary N) is 1. The van der Waals surface area contributed by atoms with Crippen LogP contribution in [0.1, 0.15) is 22.0 Å². The van der Waals surface area contributed by atoms with Crippen LogP contribution in [0.3, 0.4) is 0 Å². The minimum atomic E-state index is 0.140. The zero-order valence-electron chi connectivity index (χ0n) is 7.86. The van der Waals surface area contributed by atoms with Gasteiger partial charge < -0.3 is 0 Å². The zero-order valence-corrected chi connectivity index (χ0v) is 9.49. The minimum Gasteiger partial charge on any atom is -0.271 e. The largest absolute Gasteiger partial charge is 0.271 e. The molecule has 1 atom stereocenters. The third-order valence-corrected chi connectivity index (χ3v) is 3.99. The van der Waals surface area contributed by atoms with Crippen LogP contribution in [0, 0.1) is 6.92 Å². The van der Waals surface area contributed by atoms with Crippen molar-refractivity contribution in [2.75, 3.05) is 0 Å². The summed E-state index contributed by atoms with van der Waals surface area (Å²) < 4.78 is 0. The highest BCUT2D eigenvalue weighted by atomic mass is 32.1. The van der Waals surface area contributed by atoms with Crippen molar-refractivity contribution in [2.45, 2.75) is 13.0 Å². The number of thiophene rings is 2. The van der Waals surface area contributed by atoms with Crippen molar-refractivity contribution in [2.24, 2.45) is 5.84 Å². The van der Waals surface area contributed by atoms with Crippen LogP contribution in [0.5, 0.6) is 0 Å². The number of hydrazine groups is 1. The average molecular weight is 224 g/mol. The van der Waals surface area contributed by atoms with Gasteiger partial charge in [-0.05, 0) is 46.3 Å². The molecular weight excluding hydrogens is 212 g/mol. The summed E-state index contributed by atoms with van der Waals surface area (Å²) in [5.74, 6) is 5.59. The summed E-state index contributed by atoms with van der Waals surface area (Å²) in [5, 5.41) is 6.30. The molecular formula is C10H12N2S2. The first-order chi connectivity index (χ1) is 6.83. The van der Waals surface area contributed by atoms with E-state index in [4.69, 9.17) is 5.84 Å². The Kier molecular flexibility index (Phi) is 2.98. The predicted molar refractivity (Wildman–Crippen MR) is 62.5 cm³/mol. The third kappa shape index (κ3) is 1.74. The quantitative estimate of drug-likeness (QED) is 0.621. The van der Waals surface area contributed by atoms with Crippen molar-refractivity contribution in [3.05, 3.63) is 44.3 Å². The molecule has 0 aliphatic heterocycles. The molecule has 0 radical (unpaired) electrons. The second kappa shape index (κ2) is 4.23. The summed E-state index contributed by atoms with van der Waals surface area (Å²) in [6.07, 6.45) is 0. The van der Waals surface area contributed by atoms with Crippen LogP contribution < -0.4 is 11.3 Å². The molecule has 2 aromatic heterocycles. The molecule has 2 heterocycles. The Morgan fingerprint density at radius 3 is 2.71 bits per heavy atom. The van der Waals surface area contributed by atoms with E-state index < -0.39 is 0 Å². The van der Waals surface area contributed by atoms with Gasteiger partial charge in [0.05, 0.1) is 6.04 Å². The van der Waals surface area contributed by atoms with Gasteiger partial charge in [0.25, 0.3) is 0 Å². The molecule has 74 valence electrons. The van der Waals surface area contributed by atoms with Gasteiger partial charge in [0.1, 0.15) is 0 Å². The normalized spacial score (nSPS) is 13.0. The smallest absolute Gasteiger partial charge is 0.0813 e. The van der Waals surface area contributed by atoms with Gasteiger partial charge in [-0.2, -0.15) is 11.3 Å². The van der Waals surface area contributed by atoms with Crippen LogP contribution in [0.2, 0.25) is 0 Å². The van der Waals surface area contributed by atoms with Crippen molar-refractivity contribution >= 4 is 22.7 Å². The third-order valence-electron chi connectivity index (χ3n) is 2.21. The molecule has 1 unspecified atom stereocenters. The van der Waals surface area contributed by atoms with E-state index in [0.717, 1.165) is 0 Å². The summed E-state index contributed by atoms with van der Waals surface area (Å²) in [7, 11) is 0. The molecule has 4 heteroatoms. The summed E-state index contributed by atoms with van der Waals surface area (Å²) in [4.78, 5) is 1.30. The summed E-state index contributed by atoms with van der Waals surface area (Å²) >= 11 is 3.44. The fourth-order valence-electron chi connectivity index (χ4n) is 1.44. The van der Waals surface area contributed by atoms with Gasteiger partial charge in [0, 0.05) is 4.88 Å². The molecule has 0 bridgehead atoms. The van der Waals surface area contributed by atoms with Crippen molar-refractivity contribution < 1.29 is 0 Å². The van der Waals surface area contributed by atoms with Crippen LogP contribution in [0.15, 0.2) is 28.3 Å². The summed E-state index contributed by atoms with van der Waals surface area (Å²) in [6.45, 7) is 2.11. The van der Waals surface area contributed by atoms with Gasteiger partial charge in [-0.1, -0.05) is 0 Å². The highest BCUT2D eigenvalue weighted by Crippen LogP contribution is 2.29. The van der Waals surface area contributed by atoms with E-state index in [2.05, 4.69) is 40.6 Å². The van der Waals surface area contributed by atoms with Gasteiger partial charge in [0.15, 0.2) is 0 Å². The zero-order chi connectivity index (χ0) is 9.97. The minimum absolute atomic E-state index is 0.140. The molecule has 0 spiro atoms. The maximum absolute atomic E-state index is 5.59. The van der Waals surface area contributed by atoms with Gasteiger partial charge in [0.2, 0.25) is 0 Å². The van der Waals surface area contributed by atoms with Crippen molar-refractivity contribution in [3.63, 3.8) is 0 Å². The van der Waals surface area contributed by atoms with E-state index >= 15 is 0 Å². The van der Waals surface area contributed by atoms with Crippen molar-refractivity contribution in [1.29, 1.82) is 0 Å². The lowest BCUT2D eigenvalue weighted by molar-refractivity contribution is 0.646. The van der Waals surface area contributed by atoms with E-state index in [9.17, 15) is 0 Å². The Hall–Kier alpha value is -0.680. The van der Waals surface area contributed by atoms with E-state index in [-0.39, 0.29) is 6.04 Å². The van der Waals surface area contributed by atoms with Crippen molar-refractivity contribution in [1.82, 2.24) is 5.43 Å².